The van der Waals surface area contributed by atoms with E-state index in [4.69, 9.17) is 0 Å². The maximum atomic E-state index is 11.9. The van der Waals surface area contributed by atoms with Crippen LogP contribution in [-0.2, 0) is 6.54 Å². The fraction of sp³-hybridized carbons (Fsp3) is 0.143. The van der Waals surface area contributed by atoms with Gasteiger partial charge in [-0.1, -0.05) is 18.2 Å². The third-order valence-corrected chi connectivity index (χ3v) is 2.54. The lowest BCUT2D eigenvalue weighted by molar-refractivity contribution is 0.220. The number of hydrogen-bond donors (Lipinski definition) is 1. The standard InChI is InChI=1S/C14H15N3O/c1-17(11-12-7-9-15-10-8-12)14(18)16-13-5-3-2-4-6-13/h2-10H,11H2,1H3,(H,16,18). The summed E-state index contributed by atoms with van der Waals surface area (Å²) in [4.78, 5) is 17.5. The van der Waals surface area contributed by atoms with Gasteiger partial charge in [0, 0.05) is 31.7 Å². The smallest absolute Gasteiger partial charge is 0.321 e. The Morgan fingerprint density at radius 2 is 1.83 bits per heavy atom. The van der Waals surface area contributed by atoms with Gasteiger partial charge in [-0.05, 0) is 29.8 Å². The molecule has 2 amide bonds. The van der Waals surface area contributed by atoms with Crippen LogP contribution in [0, 0.1) is 0 Å². The van der Waals surface area contributed by atoms with E-state index in [9.17, 15) is 4.79 Å². The minimum absolute atomic E-state index is 0.127. The quantitative estimate of drug-likeness (QED) is 0.898. The van der Waals surface area contributed by atoms with Gasteiger partial charge < -0.3 is 10.2 Å². The van der Waals surface area contributed by atoms with Gasteiger partial charge in [-0.15, -0.1) is 0 Å². The molecule has 2 rings (SSSR count). The maximum absolute atomic E-state index is 11.9. The van der Waals surface area contributed by atoms with E-state index in [0.717, 1.165) is 11.3 Å². The number of rotatable bonds is 3. The van der Waals surface area contributed by atoms with Crippen LogP contribution in [0.3, 0.4) is 0 Å². The number of carbonyl (C=O) groups is 1. The van der Waals surface area contributed by atoms with Crippen molar-refractivity contribution in [3.05, 3.63) is 60.4 Å². The Hall–Kier alpha value is -2.36. The SMILES string of the molecule is CN(Cc1ccncc1)C(=O)Nc1ccccc1. The molecule has 0 saturated carbocycles. The molecular formula is C14H15N3O. The molecule has 2 aromatic rings. The van der Waals surface area contributed by atoms with Crippen LogP contribution in [0.15, 0.2) is 54.9 Å². The predicted molar refractivity (Wildman–Crippen MR) is 71.2 cm³/mol. The lowest BCUT2D eigenvalue weighted by Gasteiger charge is -2.17. The minimum atomic E-state index is -0.127. The molecule has 4 heteroatoms. The predicted octanol–water partition coefficient (Wildman–Crippen LogP) is 2.75. The van der Waals surface area contributed by atoms with Crippen molar-refractivity contribution in [2.45, 2.75) is 6.54 Å². The van der Waals surface area contributed by atoms with Gasteiger partial charge in [-0.25, -0.2) is 4.79 Å². The van der Waals surface area contributed by atoms with Crippen LogP contribution in [0.1, 0.15) is 5.56 Å². The molecule has 0 fully saturated rings. The lowest BCUT2D eigenvalue weighted by Crippen LogP contribution is -2.30. The zero-order valence-corrected chi connectivity index (χ0v) is 10.2. The number of urea groups is 1. The highest BCUT2D eigenvalue weighted by Gasteiger charge is 2.08. The molecule has 0 radical (unpaired) electrons. The largest absolute Gasteiger partial charge is 0.323 e. The third-order valence-electron chi connectivity index (χ3n) is 2.54. The van der Waals surface area contributed by atoms with Gasteiger partial charge in [-0.2, -0.15) is 0 Å². The number of nitrogens with zero attached hydrogens (tertiary/aromatic N) is 2. The number of hydrogen-bond acceptors (Lipinski definition) is 2. The molecule has 0 aliphatic heterocycles. The van der Waals surface area contributed by atoms with Crippen molar-refractivity contribution in [1.82, 2.24) is 9.88 Å². The summed E-state index contributed by atoms with van der Waals surface area (Å²) in [7, 11) is 1.76. The van der Waals surface area contributed by atoms with E-state index in [0.29, 0.717) is 6.54 Å². The first-order valence-corrected chi connectivity index (χ1v) is 5.72. The van der Waals surface area contributed by atoms with Crippen LogP contribution in [0.5, 0.6) is 0 Å². The average Bonchev–Trinajstić information content (AvgIpc) is 2.41. The second kappa shape index (κ2) is 5.82. The van der Waals surface area contributed by atoms with E-state index in [-0.39, 0.29) is 6.03 Å². The molecule has 0 bridgehead atoms. The van der Waals surface area contributed by atoms with Gasteiger partial charge >= 0.3 is 6.03 Å². The monoisotopic (exact) mass is 241 g/mol. The average molecular weight is 241 g/mol. The third kappa shape index (κ3) is 3.31. The molecule has 92 valence electrons. The van der Waals surface area contributed by atoms with Crippen molar-refractivity contribution in [2.24, 2.45) is 0 Å². The Balaban J connectivity index is 1.93. The van der Waals surface area contributed by atoms with Crippen LogP contribution < -0.4 is 5.32 Å². The summed E-state index contributed by atoms with van der Waals surface area (Å²) in [5.74, 6) is 0. The molecule has 1 aromatic carbocycles. The van der Waals surface area contributed by atoms with Crippen molar-refractivity contribution in [1.29, 1.82) is 0 Å². The Kier molecular flexibility index (Phi) is 3.91. The van der Waals surface area contributed by atoms with Crippen molar-refractivity contribution in [2.75, 3.05) is 12.4 Å². The number of para-hydroxylation sites is 1. The second-order valence-electron chi connectivity index (χ2n) is 4.01. The number of pyridine rings is 1. The van der Waals surface area contributed by atoms with Crippen LogP contribution >= 0.6 is 0 Å². The molecule has 0 spiro atoms. The van der Waals surface area contributed by atoms with E-state index in [1.165, 1.54) is 0 Å². The molecule has 1 N–H and O–H groups in total. The first-order chi connectivity index (χ1) is 8.75. The number of amides is 2. The number of anilines is 1. The molecule has 0 saturated heterocycles. The summed E-state index contributed by atoms with van der Waals surface area (Å²) in [6.07, 6.45) is 3.44. The number of benzene rings is 1. The normalized spacial score (nSPS) is 9.83. The van der Waals surface area contributed by atoms with E-state index in [1.54, 1.807) is 24.3 Å². The lowest BCUT2D eigenvalue weighted by atomic mass is 10.2. The van der Waals surface area contributed by atoms with Crippen LogP contribution in [0.25, 0.3) is 0 Å². The van der Waals surface area contributed by atoms with E-state index >= 15 is 0 Å². The topological polar surface area (TPSA) is 45.2 Å². The van der Waals surface area contributed by atoms with Gasteiger partial charge in [0.2, 0.25) is 0 Å². The fourth-order valence-corrected chi connectivity index (χ4v) is 1.57. The minimum Gasteiger partial charge on any atom is -0.323 e. The molecule has 1 heterocycles. The Bertz CT molecular complexity index is 499. The van der Waals surface area contributed by atoms with Gasteiger partial charge in [0.1, 0.15) is 0 Å². The maximum Gasteiger partial charge on any atom is 0.321 e. The first-order valence-electron chi connectivity index (χ1n) is 5.72. The summed E-state index contributed by atoms with van der Waals surface area (Å²) in [5, 5.41) is 2.83. The highest BCUT2D eigenvalue weighted by Crippen LogP contribution is 2.07. The molecule has 0 aliphatic carbocycles. The molecule has 0 unspecified atom stereocenters. The van der Waals surface area contributed by atoms with Gasteiger partial charge in [0.15, 0.2) is 0 Å². The van der Waals surface area contributed by atoms with E-state index in [1.807, 2.05) is 42.5 Å². The van der Waals surface area contributed by atoms with E-state index < -0.39 is 0 Å². The first kappa shape index (κ1) is 12.1. The summed E-state index contributed by atoms with van der Waals surface area (Å²) in [6, 6.07) is 13.1. The van der Waals surface area contributed by atoms with Crippen LogP contribution in [0.4, 0.5) is 10.5 Å². The zero-order valence-electron chi connectivity index (χ0n) is 10.2. The van der Waals surface area contributed by atoms with Crippen molar-refractivity contribution in [3.8, 4) is 0 Å². The fourth-order valence-electron chi connectivity index (χ4n) is 1.57. The number of nitrogens with one attached hydrogen (secondary N) is 1. The molecule has 0 aliphatic rings. The van der Waals surface area contributed by atoms with Crippen molar-refractivity contribution >= 4 is 11.7 Å². The van der Waals surface area contributed by atoms with Crippen LogP contribution in [-0.4, -0.2) is 23.0 Å². The Morgan fingerprint density at radius 3 is 2.50 bits per heavy atom. The molecule has 1 aromatic heterocycles. The highest BCUT2D eigenvalue weighted by molar-refractivity contribution is 5.89. The van der Waals surface area contributed by atoms with Gasteiger partial charge in [0.25, 0.3) is 0 Å². The molecule has 4 nitrogen and oxygen atoms in total. The number of aromatic nitrogens is 1. The summed E-state index contributed by atoms with van der Waals surface area (Å²) in [5.41, 5.74) is 1.85. The summed E-state index contributed by atoms with van der Waals surface area (Å²) in [6.45, 7) is 0.557. The zero-order chi connectivity index (χ0) is 12.8. The second-order valence-corrected chi connectivity index (χ2v) is 4.01. The van der Waals surface area contributed by atoms with Crippen molar-refractivity contribution < 1.29 is 4.79 Å². The summed E-state index contributed by atoms with van der Waals surface area (Å²) >= 11 is 0. The molecule has 0 atom stereocenters. The Morgan fingerprint density at radius 1 is 1.17 bits per heavy atom. The van der Waals surface area contributed by atoms with Gasteiger partial charge in [-0.3, -0.25) is 4.98 Å². The van der Waals surface area contributed by atoms with E-state index in [2.05, 4.69) is 10.3 Å². The Labute approximate surface area is 106 Å². The van der Waals surface area contributed by atoms with Crippen LogP contribution in [0.2, 0.25) is 0 Å². The summed E-state index contributed by atoms with van der Waals surface area (Å²) < 4.78 is 0. The highest BCUT2D eigenvalue weighted by atomic mass is 16.2. The number of carbonyl (C=O) groups excluding carboxylic acids is 1. The molecular weight excluding hydrogens is 226 g/mol. The van der Waals surface area contributed by atoms with Crippen molar-refractivity contribution in [3.63, 3.8) is 0 Å². The van der Waals surface area contributed by atoms with Gasteiger partial charge in [0.05, 0.1) is 0 Å². The molecule has 18 heavy (non-hydrogen) atoms.